The molecule has 1 aliphatic heterocycles. The first-order valence-electron chi connectivity index (χ1n) is 8.51. The van der Waals surface area contributed by atoms with Crippen LogP contribution >= 0.6 is 11.3 Å². The van der Waals surface area contributed by atoms with Crippen molar-refractivity contribution in [3.8, 4) is 0 Å². The molecule has 7 heteroatoms. The summed E-state index contributed by atoms with van der Waals surface area (Å²) in [6.45, 7) is 5.67. The van der Waals surface area contributed by atoms with E-state index < -0.39 is 0 Å². The van der Waals surface area contributed by atoms with Gasteiger partial charge in [-0.3, -0.25) is 14.9 Å². The van der Waals surface area contributed by atoms with Gasteiger partial charge in [-0.05, 0) is 30.0 Å². The maximum absolute atomic E-state index is 12.3. The van der Waals surface area contributed by atoms with E-state index in [1.807, 2.05) is 17.0 Å². The standard InChI is InChI=1S/C18H22N4O2S/c1-12(2)10-15-20-21-18(25-15)19-17(24)14-7-5-13(6-8-14)11-22-9-3-4-16(22)23/h5-8,12H,3-4,9-11H2,1-2H3,(H,19,21,24). The quantitative estimate of drug-likeness (QED) is 0.861. The first-order valence-corrected chi connectivity index (χ1v) is 9.33. The fraction of sp³-hybridized carbons (Fsp3) is 0.444. The van der Waals surface area contributed by atoms with Gasteiger partial charge in [-0.1, -0.05) is 37.3 Å². The Kier molecular flexibility index (Phi) is 5.43. The van der Waals surface area contributed by atoms with Crippen molar-refractivity contribution in [3.63, 3.8) is 0 Å². The van der Waals surface area contributed by atoms with Crippen LogP contribution in [0.1, 0.15) is 47.6 Å². The first-order chi connectivity index (χ1) is 12.0. The second-order valence-electron chi connectivity index (χ2n) is 6.67. The summed E-state index contributed by atoms with van der Waals surface area (Å²) in [7, 11) is 0. The molecule has 1 fully saturated rings. The normalized spacial score (nSPS) is 14.4. The number of likely N-dealkylation sites (tertiary alicyclic amines) is 1. The minimum Gasteiger partial charge on any atom is -0.338 e. The summed E-state index contributed by atoms with van der Waals surface area (Å²) >= 11 is 1.41. The summed E-state index contributed by atoms with van der Waals surface area (Å²) in [5, 5.41) is 12.4. The fourth-order valence-corrected chi connectivity index (χ4v) is 3.71. The molecule has 132 valence electrons. The smallest absolute Gasteiger partial charge is 0.257 e. The Morgan fingerprint density at radius 3 is 2.68 bits per heavy atom. The predicted octanol–water partition coefficient (Wildman–Crippen LogP) is 3.11. The van der Waals surface area contributed by atoms with Crippen molar-refractivity contribution in [2.24, 2.45) is 5.92 Å². The molecular formula is C18H22N4O2S. The summed E-state index contributed by atoms with van der Waals surface area (Å²) in [5.41, 5.74) is 1.60. The number of hydrogen-bond donors (Lipinski definition) is 1. The van der Waals surface area contributed by atoms with E-state index in [0.29, 0.717) is 29.6 Å². The summed E-state index contributed by atoms with van der Waals surface area (Å²) in [6, 6.07) is 7.35. The highest BCUT2D eigenvalue weighted by Crippen LogP contribution is 2.19. The minimum atomic E-state index is -0.198. The van der Waals surface area contributed by atoms with E-state index in [1.165, 1.54) is 11.3 Å². The van der Waals surface area contributed by atoms with Crippen LogP contribution in [-0.2, 0) is 17.8 Å². The fourth-order valence-electron chi connectivity index (χ4n) is 2.76. The molecule has 0 radical (unpaired) electrons. The zero-order valence-electron chi connectivity index (χ0n) is 14.5. The number of carbonyl (C=O) groups is 2. The van der Waals surface area contributed by atoms with Gasteiger partial charge in [0.2, 0.25) is 11.0 Å². The molecule has 2 aromatic rings. The van der Waals surface area contributed by atoms with Gasteiger partial charge in [-0.25, -0.2) is 0 Å². The van der Waals surface area contributed by atoms with E-state index in [2.05, 4.69) is 29.4 Å². The van der Waals surface area contributed by atoms with Crippen molar-refractivity contribution in [1.29, 1.82) is 0 Å². The van der Waals surface area contributed by atoms with E-state index in [9.17, 15) is 9.59 Å². The lowest BCUT2D eigenvalue weighted by atomic mass is 10.1. The van der Waals surface area contributed by atoms with Crippen molar-refractivity contribution in [3.05, 3.63) is 40.4 Å². The third kappa shape index (κ3) is 4.63. The molecule has 1 N–H and O–H groups in total. The Labute approximate surface area is 151 Å². The summed E-state index contributed by atoms with van der Waals surface area (Å²) < 4.78 is 0. The lowest BCUT2D eigenvalue weighted by Gasteiger charge is -2.15. The lowest BCUT2D eigenvalue weighted by molar-refractivity contribution is -0.128. The molecule has 0 aliphatic carbocycles. The van der Waals surface area contributed by atoms with Crippen molar-refractivity contribution in [2.45, 2.75) is 39.7 Å². The second-order valence-corrected chi connectivity index (χ2v) is 7.73. The van der Waals surface area contributed by atoms with E-state index in [4.69, 9.17) is 0 Å². The summed E-state index contributed by atoms with van der Waals surface area (Å²) in [4.78, 5) is 25.8. The third-order valence-corrected chi connectivity index (χ3v) is 4.89. The Morgan fingerprint density at radius 2 is 2.04 bits per heavy atom. The van der Waals surface area contributed by atoms with Crippen LogP contribution in [0.3, 0.4) is 0 Å². The highest BCUT2D eigenvalue weighted by Gasteiger charge is 2.20. The number of anilines is 1. The Hall–Kier alpha value is -2.28. The van der Waals surface area contributed by atoms with Crippen molar-refractivity contribution < 1.29 is 9.59 Å². The van der Waals surface area contributed by atoms with Crippen LogP contribution in [0, 0.1) is 5.92 Å². The van der Waals surface area contributed by atoms with Crippen molar-refractivity contribution in [1.82, 2.24) is 15.1 Å². The van der Waals surface area contributed by atoms with Gasteiger partial charge in [0.1, 0.15) is 5.01 Å². The predicted molar refractivity (Wildman–Crippen MR) is 97.5 cm³/mol. The minimum absolute atomic E-state index is 0.198. The molecule has 2 amide bonds. The Bertz CT molecular complexity index is 755. The molecule has 1 aromatic carbocycles. The zero-order chi connectivity index (χ0) is 17.8. The van der Waals surface area contributed by atoms with Crippen LogP contribution in [0.5, 0.6) is 0 Å². The Balaban J connectivity index is 1.58. The number of rotatable bonds is 6. The second kappa shape index (κ2) is 7.74. The first kappa shape index (κ1) is 17.5. The number of carbonyl (C=O) groups excluding carboxylic acids is 2. The van der Waals surface area contributed by atoms with Gasteiger partial charge in [-0.2, -0.15) is 0 Å². The molecule has 0 unspecified atom stereocenters. The highest BCUT2D eigenvalue weighted by atomic mass is 32.1. The van der Waals surface area contributed by atoms with Gasteiger partial charge >= 0.3 is 0 Å². The molecule has 0 bridgehead atoms. The molecule has 0 saturated carbocycles. The van der Waals surface area contributed by atoms with Crippen LogP contribution in [0.2, 0.25) is 0 Å². The van der Waals surface area contributed by atoms with E-state index in [-0.39, 0.29) is 11.8 Å². The number of benzene rings is 1. The number of nitrogens with one attached hydrogen (secondary N) is 1. The maximum Gasteiger partial charge on any atom is 0.257 e. The molecule has 0 spiro atoms. The van der Waals surface area contributed by atoms with Crippen molar-refractivity contribution >= 4 is 28.3 Å². The highest BCUT2D eigenvalue weighted by molar-refractivity contribution is 7.15. The van der Waals surface area contributed by atoms with Gasteiger partial charge in [0.05, 0.1) is 0 Å². The lowest BCUT2D eigenvalue weighted by Crippen LogP contribution is -2.23. The number of amides is 2. The molecule has 0 atom stereocenters. The van der Waals surface area contributed by atoms with E-state index in [0.717, 1.165) is 30.0 Å². The van der Waals surface area contributed by atoms with E-state index in [1.54, 1.807) is 12.1 Å². The van der Waals surface area contributed by atoms with E-state index >= 15 is 0 Å². The average Bonchev–Trinajstić information content (AvgIpc) is 3.17. The van der Waals surface area contributed by atoms with Crippen LogP contribution in [-0.4, -0.2) is 33.5 Å². The van der Waals surface area contributed by atoms with Gasteiger partial charge in [-0.15, -0.1) is 10.2 Å². The van der Waals surface area contributed by atoms with Gasteiger partial charge in [0.15, 0.2) is 0 Å². The SMILES string of the molecule is CC(C)Cc1nnc(NC(=O)c2ccc(CN3CCCC3=O)cc2)s1. The van der Waals surface area contributed by atoms with Gasteiger partial charge in [0.25, 0.3) is 5.91 Å². The van der Waals surface area contributed by atoms with Crippen LogP contribution in [0.25, 0.3) is 0 Å². The third-order valence-electron chi connectivity index (χ3n) is 4.03. The molecule has 1 aromatic heterocycles. The molecular weight excluding hydrogens is 336 g/mol. The van der Waals surface area contributed by atoms with Gasteiger partial charge in [0, 0.05) is 31.5 Å². The molecule has 3 rings (SSSR count). The average molecular weight is 358 g/mol. The molecule has 6 nitrogen and oxygen atoms in total. The zero-order valence-corrected chi connectivity index (χ0v) is 15.3. The van der Waals surface area contributed by atoms with Crippen LogP contribution in [0.4, 0.5) is 5.13 Å². The molecule has 2 heterocycles. The van der Waals surface area contributed by atoms with Crippen molar-refractivity contribution in [2.75, 3.05) is 11.9 Å². The van der Waals surface area contributed by atoms with Crippen LogP contribution in [0.15, 0.2) is 24.3 Å². The largest absolute Gasteiger partial charge is 0.338 e. The number of nitrogens with zero attached hydrogens (tertiary/aromatic N) is 3. The summed E-state index contributed by atoms with van der Waals surface area (Å²) in [6.07, 6.45) is 2.43. The molecule has 1 aliphatic rings. The van der Waals surface area contributed by atoms with Gasteiger partial charge < -0.3 is 4.90 Å². The molecule has 1 saturated heterocycles. The Morgan fingerprint density at radius 1 is 1.28 bits per heavy atom. The number of aromatic nitrogens is 2. The monoisotopic (exact) mass is 358 g/mol. The topological polar surface area (TPSA) is 75.2 Å². The van der Waals surface area contributed by atoms with Crippen LogP contribution < -0.4 is 5.32 Å². The number of hydrogen-bond acceptors (Lipinski definition) is 5. The molecule has 25 heavy (non-hydrogen) atoms. The summed E-state index contributed by atoms with van der Waals surface area (Å²) in [5.74, 6) is 0.512. The maximum atomic E-state index is 12.3.